The Kier molecular flexibility index (Phi) is 6.30. The molecule has 4 heterocycles. The van der Waals surface area contributed by atoms with Gasteiger partial charge in [-0.3, -0.25) is 9.98 Å². The lowest BCUT2D eigenvalue weighted by Crippen LogP contribution is -2.08. The molecule has 2 aliphatic rings. The van der Waals surface area contributed by atoms with E-state index in [1.54, 1.807) is 6.20 Å². The summed E-state index contributed by atoms with van der Waals surface area (Å²) >= 11 is 0. The first-order valence-corrected chi connectivity index (χ1v) is 14.8. The zero-order chi connectivity index (χ0) is 28.6. The molecule has 0 saturated carbocycles. The van der Waals surface area contributed by atoms with Crippen LogP contribution in [0.4, 0.5) is 5.69 Å². The van der Waals surface area contributed by atoms with Gasteiger partial charge in [0, 0.05) is 39.9 Å². The van der Waals surface area contributed by atoms with Gasteiger partial charge >= 0.3 is 0 Å². The van der Waals surface area contributed by atoms with Gasteiger partial charge in [-0.05, 0) is 60.4 Å². The summed E-state index contributed by atoms with van der Waals surface area (Å²) in [7, 11) is 0. The third-order valence-electron chi connectivity index (χ3n) is 8.33. The van der Waals surface area contributed by atoms with Crippen molar-refractivity contribution >= 4 is 22.3 Å². The Morgan fingerprint density at radius 3 is 2.12 bits per heavy atom. The van der Waals surface area contributed by atoms with E-state index in [-0.39, 0.29) is 5.92 Å². The molecule has 1 aliphatic carbocycles. The first-order valence-electron chi connectivity index (χ1n) is 14.8. The molecule has 43 heavy (non-hydrogen) atoms. The number of benzene rings is 3. The van der Waals surface area contributed by atoms with Gasteiger partial charge < -0.3 is 0 Å². The smallest absolute Gasteiger partial charge is 0.0893 e. The number of allylic oxidation sites excluding steroid dienone is 4. The maximum absolute atomic E-state index is 5.21. The minimum Gasteiger partial charge on any atom is -0.255 e. The van der Waals surface area contributed by atoms with Crippen LogP contribution in [-0.4, -0.2) is 20.7 Å². The van der Waals surface area contributed by atoms with Crippen LogP contribution < -0.4 is 0 Å². The molecule has 0 N–H and O–H groups in total. The Morgan fingerprint density at radius 2 is 1.30 bits per heavy atom. The first kappa shape index (κ1) is 25.2. The van der Waals surface area contributed by atoms with Crippen LogP contribution >= 0.6 is 0 Å². The van der Waals surface area contributed by atoms with E-state index in [1.807, 2.05) is 36.4 Å². The van der Waals surface area contributed by atoms with Crippen molar-refractivity contribution in [2.45, 2.75) is 18.8 Å². The lowest BCUT2D eigenvalue weighted by Gasteiger charge is -2.18. The molecular formula is C39H28N4. The number of aromatic nitrogens is 3. The number of pyridine rings is 3. The molecule has 0 saturated heterocycles. The summed E-state index contributed by atoms with van der Waals surface area (Å²) in [5.74, 6) is 0.250. The van der Waals surface area contributed by atoms with Gasteiger partial charge in [0.05, 0.1) is 34.0 Å². The van der Waals surface area contributed by atoms with E-state index in [0.717, 1.165) is 74.6 Å². The van der Waals surface area contributed by atoms with Crippen molar-refractivity contribution in [2.24, 2.45) is 4.99 Å². The average molecular weight is 553 g/mol. The highest BCUT2D eigenvalue weighted by atomic mass is 14.8. The Hall–Kier alpha value is -5.48. The normalized spacial score (nSPS) is 16.9. The summed E-state index contributed by atoms with van der Waals surface area (Å²) in [5, 5.41) is 1.12. The molecule has 0 amide bonds. The Bertz CT molecular complexity index is 2050. The number of nitrogens with zero attached hydrogens (tertiary/aromatic N) is 4. The molecule has 4 nitrogen and oxygen atoms in total. The van der Waals surface area contributed by atoms with Crippen LogP contribution in [0.15, 0.2) is 145 Å². The third kappa shape index (κ3) is 4.67. The SMILES string of the molecule is C1=C\CCC2C(=Nc3c2c(-c2ccc(-c4ccc(-c5cccc(-c6ccccn6)n5)cc4)cc2)nc2ccccc32)\C=C/1. The number of hydrogen-bond donors (Lipinski definition) is 0. The third-order valence-corrected chi connectivity index (χ3v) is 8.33. The summed E-state index contributed by atoms with van der Waals surface area (Å²) < 4.78 is 0. The zero-order valence-electron chi connectivity index (χ0n) is 23.6. The monoisotopic (exact) mass is 552 g/mol. The van der Waals surface area contributed by atoms with E-state index in [1.165, 1.54) is 11.1 Å². The van der Waals surface area contributed by atoms with Gasteiger partial charge in [0.25, 0.3) is 0 Å². The predicted molar refractivity (Wildman–Crippen MR) is 176 cm³/mol. The maximum Gasteiger partial charge on any atom is 0.0893 e. The van der Waals surface area contributed by atoms with Crippen LogP contribution in [0, 0.1) is 0 Å². The topological polar surface area (TPSA) is 51.0 Å². The summed E-state index contributed by atoms with van der Waals surface area (Å²) in [6.45, 7) is 0. The van der Waals surface area contributed by atoms with Gasteiger partial charge in [-0.25, -0.2) is 9.97 Å². The van der Waals surface area contributed by atoms with E-state index in [2.05, 4.69) is 102 Å². The van der Waals surface area contributed by atoms with E-state index in [9.17, 15) is 0 Å². The van der Waals surface area contributed by atoms with Crippen LogP contribution in [0.2, 0.25) is 0 Å². The van der Waals surface area contributed by atoms with Crippen molar-refractivity contribution in [3.63, 3.8) is 0 Å². The Morgan fingerprint density at radius 1 is 0.581 bits per heavy atom. The summed E-state index contributed by atoms with van der Waals surface area (Å²) in [4.78, 5) is 19.7. The van der Waals surface area contributed by atoms with E-state index >= 15 is 0 Å². The first-order chi connectivity index (χ1) is 21.3. The molecule has 1 aliphatic heterocycles. The fourth-order valence-corrected chi connectivity index (χ4v) is 6.18. The lowest BCUT2D eigenvalue weighted by atomic mass is 9.86. The largest absolute Gasteiger partial charge is 0.255 e. The van der Waals surface area contributed by atoms with E-state index < -0.39 is 0 Å². The fourth-order valence-electron chi connectivity index (χ4n) is 6.18. The molecule has 1 atom stereocenters. The predicted octanol–water partition coefficient (Wildman–Crippen LogP) is 9.77. The lowest BCUT2D eigenvalue weighted by molar-refractivity contribution is 0.795. The molecule has 3 aromatic heterocycles. The molecule has 204 valence electrons. The van der Waals surface area contributed by atoms with Crippen molar-refractivity contribution in [3.05, 3.63) is 145 Å². The molecule has 3 aromatic carbocycles. The van der Waals surface area contributed by atoms with Crippen LogP contribution in [0.25, 0.3) is 55.9 Å². The number of para-hydroxylation sites is 1. The van der Waals surface area contributed by atoms with Crippen molar-refractivity contribution in [1.82, 2.24) is 15.0 Å². The van der Waals surface area contributed by atoms with Crippen LogP contribution in [0.3, 0.4) is 0 Å². The average Bonchev–Trinajstić information content (AvgIpc) is 3.42. The van der Waals surface area contributed by atoms with Crippen LogP contribution in [0.5, 0.6) is 0 Å². The second-order valence-corrected chi connectivity index (χ2v) is 11.0. The quantitative estimate of drug-likeness (QED) is 0.219. The Balaban J connectivity index is 1.12. The number of hydrogen-bond acceptors (Lipinski definition) is 4. The van der Waals surface area contributed by atoms with Crippen LogP contribution in [0.1, 0.15) is 24.3 Å². The molecule has 0 fully saturated rings. The van der Waals surface area contributed by atoms with Gasteiger partial charge in [-0.15, -0.1) is 0 Å². The molecule has 0 radical (unpaired) electrons. The fraction of sp³-hybridized carbons (Fsp3) is 0.0769. The van der Waals surface area contributed by atoms with Crippen molar-refractivity contribution in [1.29, 1.82) is 0 Å². The van der Waals surface area contributed by atoms with Crippen molar-refractivity contribution < 1.29 is 0 Å². The number of aliphatic imine (C=N–C) groups is 1. The van der Waals surface area contributed by atoms with Crippen molar-refractivity contribution in [2.75, 3.05) is 0 Å². The van der Waals surface area contributed by atoms with Gasteiger partial charge in [0.2, 0.25) is 0 Å². The minimum atomic E-state index is 0.250. The van der Waals surface area contributed by atoms with Gasteiger partial charge in [-0.1, -0.05) is 97.1 Å². The highest BCUT2D eigenvalue weighted by Gasteiger charge is 2.31. The number of fused-ring (bicyclic) bond motifs is 5. The second kappa shape index (κ2) is 10.7. The van der Waals surface area contributed by atoms with E-state index in [0.29, 0.717) is 0 Å². The molecule has 0 bridgehead atoms. The Labute approximate surface area is 250 Å². The standard InChI is InChI=1S/C39H28N4/c1-2-4-12-33-30(10-3-1)37-38(42-34-13-6-5-11-31(34)39(37)43-33)29-23-19-27(20-24-29)26-17-21-28(22-18-26)32-15-9-16-36(41-32)35-14-7-8-25-40-35/h1-2,4-9,11-25,30H,3,10H2/b2-1-,12-4-. The molecule has 8 rings (SSSR count). The van der Waals surface area contributed by atoms with Gasteiger partial charge in [0.1, 0.15) is 0 Å². The highest BCUT2D eigenvalue weighted by Crippen LogP contribution is 2.47. The molecule has 6 aromatic rings. The van der Waals surface area contributed by atoms with E-state index in [4.69, 9.17) is 15.0 Å². The molecule has 4 heteroatoms. The number of rotatable bonds is 4. The zero-order valence-corrected chi connectivity index (χ0v) is 23.6. The van der Waals surface area contributed by atoms with Crippen molar-refractivity contribution in [3.8, 4) is 45.0 Å². The second-order valence-electron chi connectivity index (χ2n) is 11.0. The summed E-state index contributed by atoms with van der Waals surface area (Å²) in [6.07, 6.45) is 12.5. The highest BCUT2D eigenvalue weighted by molar-refractivity contribution is 6.12. The molecule has 1 unspecified atom stereocenters. The summed E-state index contributed by atoms with van der Waals surface area (Å²) in [5.41, 5.74) is 12.7. The molecular weight excluding hydrogens is 524 g/mol. The van der Waals surface area contributed by atoms with Gasteiger partial charge in [-0.2, -0.15) is 0 Å². The maximum atomic E-state index is 5.21. The van der Waals surface area contributed by atoms with Gasteiger partial charge in [0.15, 0.2) is 0 Å². The minimum absolute atomic E-state index is 0.250. The molecule has 0 spiro atoms. The summed E-state index contributed by atoms with van der Waals surface area (Å²) in [6, 6.07) is 37.8. The van der Waals surface area contributed by atoms with Crippen LogP contribution in [-0.2, 0) is 0 Å².